The van der Waals surface area contributed by atoms with E-state index in [1.165, 1.54) is 12.8 Å². The van der Waals surface area contributed by atoms with E-state index in [1.807, 2.05) is 6.33 Å². The van der Waals surface area contributed by atoms with Crippen LogP contribution in [-0.4, -0.2) is 41.1 Å². The van der Waals surface area contributed by atoms with E-state index >= 15 is 0 Å². The third kappa shape index (κ3) is 1.85. The molecule has 0 spiro atoms. The van der Waals surface area contributed by atoms with Crippen LogP contribution < -0.4 is 5.32 Å². The summed E-state index contributed by atoms with van der Waals surface area (Å²) < 4.78 is 7.71. The SMILES string of the molecule is c1nnc(C2CCOC2)n1C1CCNCC1. The second-order valence-electron chi connectivity index (χ2n) is 4.64. The number of hydrogen-bond acceptors (Lipinski definition) is 4. The monoisotopic (exact) mass is 222 g/mol. The molecule has 2 aliphatic rings. The van der Waals surface area contributed by atoms with Crippen molar-refractivity contribution in [1.29, 1.82) is 0 Å². The van der Waals surface area contributed by atoms with Crippen molar-refractivity contribution >= 4 is 0 Å². The molecule has 88 valence electrons. The number of ether oxygens (including phenoxy) is 1. The van der Waals surface area contributed by atoms with Gasteiger partial charge in [-0.2, -0.15) is 0 Å². The summed E-state index contributed by atoms with van der Waals surface area (Å²) in [7, 11) is 0. The fraction of sp³-hybridized carbons (Fsp3) is 0.818. The Morgan fingerprint density at radius 1 is 1.31 bits per heavy atom. The summed E-state index contributed by atoms with van der Waals surface area (Å²) in [6, 6.07) is 0.576. The summed E-state index contributed by atoms with van der Waals surface area (Å²) in [5, 5.41) is 11.8. The number of hydrogen-bond donors (Lipinski definition) is 1. The minimum Gasteiger partial charge on any atom is -0.381 e. The van der Waals surface area contributed by atoms with Crippen LogP contribution in [0.2, 0.25) is 0 Å². The van der Waals surface area contributed by atoms with Crippen LogP contribution in [-0.2, 0) is 4.74 Å². The topological polar surface area (TPSA) is 52.0 Å². The van der Waals surface area contributed by atoms with Crippen molar-refractivity contribution in [2.24, 2.45) is 0 Å². The minimum absolute atomic E-state index is 0.456. The van der Waals surface area contributed by atoms with Gasteiger partial charge in [0.15, 0.2) is 0 Å². The van der Waals surface area contributed by atoms with Crippen LogP contribution in [0.4, 0.5) is 0 Å². The van der Waals surface area contributed by atoms with Crippen molar-refractivity contribution in [1.82, 2.24) is 20.1 Å². The molecule has 3 rings (SSSR count). The highest BCUT2D eigenvalue weighted by molar-refractivity contribution is 5.01. The Hall–Kier alpha value is -0.940. The van der Waals surface area contributed by atoms with Crippen LogP contribution in [0.1, 0.15) is 37.0 Å². The first-order valence-electron chi connectivity index (χ1n) is 6.13. The molecule has 2 fully saturated rings. The molecule has 2 saturated heterocycles. The number of piperidine rings is 1. The van der Waals surface area contributed by atoms with Crippen LogP contribution >= 0.6 is 0 Å². The summed E-state index contributed by atoms with van der Waals surface area (Å²) in [6.45, 7) is 3.88. The molecular weight excluding hydrogens is 204 g/mol. The number of aromatic nitrogens is 3. The zero-order chi connectivity index (χ0) is 10.8. The molecule has 16 heavy (non-hydrogen) atoms. The average molecular weight is 222 g/mol. The molecule has 3 heterocycles. The van der Waals surface area contributed by atoms with Gasteiger partial charge in [0, 0.05) is 18.6 Å². The van der Waals surface area contributed by atoms with Crippen molar-refractivity contribution in [3.8, 4) is 0 Å². The van der Waals surface area contributed by atoms with Gasteiger partial charge in [-0.05, 0) is 32.4 Å². The predicted molar refractivity (Wildman–Crippen MR) is 59.3 cm³/mol. The molecule has 2 aliphatic heterocycles. The first-order valence-corrected chi connectivity index (χ1v) is 6.13. The van der Waals surface area contributed by atoms with E-state index in [4.69, 9.17) is 4.74 Å². The summed E-state index contributed by atoms with van der Waals surface area (Å²) >= 11 is 0. The molecule has 5 nitrogen and oxygen atoms in total. The Morgan fingerprint density at radius 2 is 2.19 bits per heavy atom. The molecule has 0 aromatic carbocycles. The highest BCUT2D eigenvalue weighted by Crippen LogP contribution is 2.27. The van der Waals surface area contributed by atoms with E-state index in [-0.39, 0.29) is 0 Å². The van der Waals surface area contributed by atoms with Crippen molar-refractivity contribution in [2.75, 3.05) is 26.3 Å². The van der Waals surface area contributed by atoms with Crippen LogP contribution in [0.3, 0.4) is 0 Å². The van der Waals surface area contributed by atoms with Gasteiger partial charge in [-0.25, -0.2) is 0 Å². The zero-order valence-electron chi connectivity index (χ0n) is 9.43. The Bertz CT molecular complexity index is 340. The lowest BCUT2D eigenvalue weighted by atomic mass is 10.0. The van der Waals surface area contributed by atoms with Gasteiger partial charge >= 0.3 is 0 Å². The van der Waals surface area contributed by atoms with Gasteiger partial charge in [-0.3, -0.25) is 0 Å². The molecule has 1 aromatic rings. The molecule has 1 aromatic heterocycles. The molecule has 0 aliphatic carbocycles. The standard InChI is InChI=1S/C11H18N4O/c1-4-12-5-2-10(1)15-8-13-14-11(15)9-3-6-16-7-9/h8-10,12H,1-7H2. The minimum atomic E-state index is 0.456. The van der Waals surface area contributed by atoms with E-state index in [9.17, 15) is 0 Å². The summed E-state index contributed by atoms with van der Waals surface area (Å²) in [6.07, 6.45) is 5.34. The maximum atomic E-state index is 5.43. The molecule has 0 amide bonds. The van der Waals surface area contributed by atoms with Crippen LogP contribution in [0.5, 0.6) is 0 Å². The Labute approximate surface area is 95.2 Å². The largest absolute Gasteiger partial charge is 0.381 e. The highest BCUT2D eigenvalue weighted by atomic mass is 16.5. The second kappa shape index (κ2) is 4.51. The molecular formula is C11H18N4O. The lowest BCUT2D eigenvalue weighted by molar-refractivity contribution is 0.192. The molecule has 1 N–H and O–H groups in total. The summed E-state index contributed by atoms with van der Waals surface area (Å²) in [5.74, 6) is 1.58. The van der Waals surface area contributed by atoms with Crippen LogP contribution in [0.25, 0.3) is 0 Å². The van der Waals surface area contributed by atoms with Gasteiger partial charge in [0.05, 0.1) is 6.61 Å². The first kappa shape index (κ1) is 10.2. The molecule has 0 radical (unpaired) electrons. The predicted octanol–water partition coefficient (Wildman–Crippen LogP) is 0.706. The van der Waals surface area contributed by atoms with Crippen molar-refractivity contribution in [3.05, 3.63) is 12.2 Å². The average Bonchev–Trinajstić information content (AvgIpc) is 3.01. The third-order valence-electron chi connectivity index (χ3n) is 3.60. The smallest absolute Gasteiger partial charge is 0.138 e. The van der Waals surface area contributed by atoms with E-state index in [1.54, 1.807) is 0 Å². The lowest BCUT2D eigenvalue weighted by Gasteiger charge is -2.25. The number of nitrogens with zero attached hydrogens (tertiary/aromatic N) is 3. The molecule has 1 atom stereocenters. The van der Waals surface area contributed by atoms with Gasteiger partial charge in [-0.1, -0.05) is 0 Å². The molecule has 0 saturated carbocycles. The molecule has 1 unspecified atom stereocenters. The van der Waals surface area contributed by atoms with Gasteiger partial charge in [-0.15, -0.1) is 10.2 Å². The molecule has 5 heteroatoms. The van der Waals surface area contributed by atoms with Crippen LogP contribution in [0, 0.1) is 0 Å². The van der Waals surface area contributed by atoms with Crippen molar-refractivity contribution in [2.45, 2.75) is 31.2 Å². The second-order valence-corrected chi connectivity index (χ2v) is 4.64. The first-order chi connectivity index (χ1) is 7.95. The Morgan fingerprint density at radius 3 is 2.94 bits per heavy atom. The van der Waals surface area contributed by atoms with E-state index in [0.717, 1.165) is 38.5 Å². The zero-order valence-corrected chi connectivity index (χ0v) is 9.43. The number of nitrogens with one attached hydrogen (secondary N) is 1. The van der Waals surface area contributed by atoms with Gasteiger partial charge < -0.3 is 14.6 Å². The summed E-state index contributed by atoms with van der Waals surface area (Å²) in [4.78, 5) is 0. The maximum Gasteiger partial charge on any atom is 0.138 e. The normalized spacial score (nSPS) is 27.4. The van der Waals surface area contributed by atoms with Crippen LogP contribution in [0.15, 0.2) is 6.33 Å². The van der Waals surface area contributed by atoms with Crippen molar-refractivity contribution in [3.63, 3.8) is 0 Å². The number of rotatable bonds is 2. The quantitative estimate of drug-likeness (QED) is 0.800. The Balaban J connectivity index is 1.80. The Kier molecular flexibility index (Phi) is 2.88. The van der Waals surface area contributed by atoms with E-state index < -0.39 is 0 Å². The third-order valence-corrected chi connectivity index (χ3v) is 3.60. The van der Waals surface area contributed by atoms with Gasteiger partial charge in [0.2, 0.25) is 0 Å². The lowest BCUT2D eigenvalue weighted by Crippen LogP contribution is -2.30. The summed E-state index contributed by atoms with van der Waals surface area (Å²) in [5.41, 5.74) is 0. The van der Waals surface area contributed by atoms with Gasteiger partial charge in [0.25, 0.3) is 0 Å². The fourth-order valence-corrected chi connectivity index (χ4v) is 2.65. The highest BCUT2D eigenvalue weighted by Gasteiger charge is 2.26. The van der Waals surface area contributed by atoms with E-state index in [0.29, 0.717) is 12.0 Å². The molecule has 0 bridgehead atoms. The fourth-order valence-electron chi connectivity index (χ4n) is 2.65. The maximum absolute atomic E-state index is 5.43. The van der Waals surface area contributed by atoms with Crippen molar-refractivity contribution < 1.29 is 4.74 Å². The van der Waals surface area contributed by atoms with E-state index in [2.05, 4.69) is 20.1 Å². The van der Waals surface area contributed by atoms with Gasteiger partial charge in [0.1, 0.15) is 12.2 Å².